The van der Waals surface area contributed by atoms with Crippen LogP contribution in [0.1, 0.15) is 0 Å². The van der Waals surface area contributed by atoms with Crippen molar-refractivity contribution in [3.63, 3.8) is 0 Å². The van der Waals surface area contributed by atoms with Gasteiger partial charge < -0.3 is 40.1 Å². The summed E-state index contributed by atoms with van der Waals surface area (Å²) >= 11 is 0. The van der Waals surface area contributed by atoms with Crippen molar-refractivity contribution in [3.05, 3.63) is 0 Å². The number of ether oxygens (including phenoxy) is 2. The van der Waals surface area contributed by atoms with E-state index in [-0.39, 0.29) is 0 Å². The highest BCUT2D eigenvalue weighted by atomic mass is 16.8. The van der Waals surface area contributed by atoms with Crippen LogP contribution in [-0.4, -0.2) is 87.3 Å². The first kappa shape index (κ1) is 14.7. The number of hydrogen-bond donors (Lipinski definition) is 6. The number of rotatable bonds is 6. The van der Waals surface area contributed by atoms with E-state index in [1.54, 1.807) is 0 Å². The molecule has 8 nitrogen and oxygen atoms in total. The van der Waals surface area contributed by atoms with Gasteiger partial charge in [-0.25, -0.2) is 0 Å². The normalized spacial score (nSPS) is 31.4. The minimum absolute atomic E-state index is 0.526. The van der Waals surface area contributed by atoms with Gasteiger partial charge in [-0.15, -0.1) is 0 Å². The van der Waals surface area contributed by atoms with Crippen LogP contribution in [0.15, 0.2) is 0 Å². The molecule has 4 atom stereocenters. The minimum Gasteiger partial charge on any atom is -0.394 e. The lowest BCUT2D eigenvalue weighted by Gasteiger charge is -2.25. The Morgan fingerprint density at radius 3 is 2.00 bits per heavy atom. The van der Waals surface area contributed by atoms with E-state index in [0.29, 0.717) is 0 Å². The quantitative estimate of drug-likeness (QED) is 0.283. The van der Waals surface area contributed by atoms with Gasteiger partial charge in [0, 0.05) is 0 Å². The lowest BCUT2D eigenvalue weighted by molar-refractivity contribution is -0.228. The third-order valence-corrected chi connectivity index (χ3v) is 2.66. The molecule has 4 unspecified atom stereocenters. The molecule has 0 aromatic rings. The molecular formula is C9H18O8. The molecule has 0 aliphatic carbocycles. The molecule has 1 heterocycles. The molecule has 0 saturated carbocycles. The van der Waals surface area contributed by atoms with Gasteiger partial charge in [-0.1, -0.05) is 0 Å². The third kappa shape index (κ3) is 2.92. The molecule has 1 saturated heterocycles. The van der Waals surface area contributed by atoms with Crippen LogP contribution in [0.5, 0.6) is 0 Å². The average Bonchev–Trinajstić information content (AvgIpc) is 2.76. The molecule has 8 heteroatoms. The summed E-state index contributed by atoms with van der Waals surface area (Å²) in [5.41, 5.74) is 0. The van der Waals surface area contributed by atoms with Gasteiger partial charge in [-0.3, -0.25) is 0 Å². The van der Waals surface area contributed by atoms with Crippen molar-refractivity contribution in [3.8, 4) is 0 Å². The Kier molecular flexibility index (Phi) is 5.22. The van der Waals surface area contributed by atoms with Crippen molar-refractivity contribution in [1.29, 1.82) is 0 Å². The molecule has 1 aliphatic rings. The van der Waals surface area contributed by atoms with Crippen LogP contribution in [0.2, 0.25) is 0 Å². The fraction of sp³-hybridized carbons (Fsp3) is 1.00. The smallest absolute Gasteiger partial charge is 0.216 e. The van der Waals surface area contributed by atoms with Crippen molar-refractivity contribution < 1.29 is 40.1 Å². The molecule has 0 aromatic carbocycles. The summed E-state index contributed by atoms with van der Waals surface area (Å²) in [6, 6.07) is 0. The van der Waals surface area contributed by atoms with Crippen LogP contribution in [0.3, 0.4) is 0 Å². The highest BCUT2D eigenvalue weighted by molar-refractivity contribution is 4.91. The number of hydrogen-bond acceptors (Lipinski definition) is 8. The Bertz CT molecular complexity index is 231. The summed E-state index contributed by atoms with van der Waals surface area (Å²) in [7, 11) is 0. The van der Waals surface area contributed by atoms with E-state index in [0.717, 1.165) is 0 Å². The zero-order valence-electron chi connectivity index (χ0n) is 9.14. The van der Waals surface area contributed by atoms with Crippen molar-refractivity contribution in [2.45, 2.75) is 30.2 Å². The molecule has 1 fully saturated rings. The molecule has 0 spiro atoms. The van der Waals surface area contributed by atoms with Crippen LogP contribution < -0.4 is 0 Å². The summed E-state index contributed by atoms with van der Waals surface area (Å²) in [6.07, 6.45) is -5.13. The summed E-state index contributed by atoms with van der Waals surface area (Å²) in [4.78, 5) is 0. The van der Waals surface area contributed by atoms with E-state index >= 15 is 0 Å². The lowest BCUT2D eigenvalue weighted by atomic mass is 10.0. The molecule has 17 heavy (non-hydrogen) atoms. The summed E-state index contributed by atoms with van der Waals surface area (Å²) in [5, 5.41) is 54.7. The van der Waals surface area contributed by atoms with Crippen LogP contribution in [-0.2, 0) is 9.47 Å². The Hall–Kier alpha value is -0.320. The van der Waals surface area contributed by atoms with Gasteiger partial charge in [-0.2, -0.15) is 0 Å². The van der Waals surface area contributed by atoms with Crippen LogP contribution in [0.4, 0.5) is 0 Å². The van der Waals surface area contributed by atoms with E-state index in [4.69, 9.17) is 29.9 Å². The maximum Gasteiger partial charge on any atom is 0.216 e. The van der Waals surface area contributed by atoms with Gasteiger partial charge in [0.2, 0.25) is 5.79 Å². The summed E-state index contributed by atoms with van der Waals surface area (Å²) < 4.78 is 10.2. The van der Waals surface area contributed by atoms with Gasteiger partial charge in [0.15, 0.2) is 0 Å². The first-order chi connectivity index (χ1) is 8.03. The van der Waals surface area contributed by atoms with Crippen LogP contribution in [0, 0.1) is 0 Å². The SMILES string of the molecule is OCC(O)C(O)C1OC(CO)(CO)OC1CO. The second-order valence-corrected chi connectivity index (χ2v) is 3.89. The zero-order chi connectivity index (χ0) is 13.1. The Labute approximate surface area is 97.6 Å². The van der Waals surface area contributed by atoms with Gasteiger partial charge >= 0.3 is 0 Å². The first-order valence-corrected chi connectivity index (χ1v) is 5.18. The summed E-state index contributed by atoms with van der Waals surface area (Å²) in [6.45, 7) is -2.55. The zero-order valence-corrected chi connectivity index (χ0v) is 9.14. The highest BCUT2D eigenvalue weighted by Gasteiger charge is 2.50. The third-order valence-electron chi connectivity index (χ3n) is 2.66. The van der Waals surface area contributed by atoms with Crippen molar-refractivity contribution >= 4 is 0 Å². The Balaban J connectivity index is 2.78. The van der Waals surface area contributed by atoms with Crippen LogP contribution in [0.25, 0.3) is 0 Å². The Morgan fingerprint density at radius 1 is 1.00 bits per heavy atom. The standard InChI is InChI=1S/C9H18O8/c10-1-5(14)7(15)8-6(2-11)16-9(3-12,4-13)17-8/h5-8,10-15H,1-4H2. The molecular weight excluding hydrogens is 236 g/mol. The molecule has 0 bridgehead atoms. The van der Waals surface area contributed by atoms with Gasteiger partial charge in [0.25, 0.3) is 0 Å². The van der Waals surface area contributed by atoms with E-state index in [9.17, 15) is 10.2 Å². The largest absolute Gasteiger partial charge is 0.394 e. The van der Waals surface area contributed by atoms with E-state index < -0.39 is 56.6 Å². The minimum atomic E-state index is -1.71. The first-order valence-electron chi connectivity index (χ1n) is 5.18. The molecule has 0 amide bonds. The van der Waals surface area contributed by atoms with E-state index in [2.05, 4.69) is 0 Å². The predicted octanol–water partition coefficient (Wildman–Crippen LogP) is -3.84. The monoisotopic (exact) mass is 254 g/mol. The second kappa shape index (κ2) is 6.03. The van der Waals surface area contributed by atoms with Crippen molar-refractivity contribution in [1.82, 2.24) is 0 Å². The van der Waals surface area contributed by atoms with E-state index in [1.807, 2.05) is 0 Å². The lowest BCUT2D eigenvalue weighted by Crippen LogP contribution is -2.46. The second-order valence-electron chi connectivity index (χ2n) is 3.89. The van der Waals surface area contributed by atoms with Gasteiger partial charge in [0.1, 0.15) is 24.4 Å². The molecule has 1 rings (SSSR count). The molecule has 0 radical (unpaired) electrons. The number of aliphatic hydroxyl groups is 6. The number of aliphatic hydroxyl groups excluding tert-OH is 6. The predicted molar refractivity (Wildman–Crippen MR) is 52.8 cm³/mol. The maximum atomic E-state index is 9.65. The average molecular weight is 254 g/mol. The Morgan fingerprint density at radius 2 is 1.59 bits per heavy atom. The fourth-order valence-corrected chi connectivity index (χ4v) is 1.65. The topological polar surface area (TPSA) is 140 Å². The van der Waals surface area contributed by atoms with Crippen LogP contribution >= 0.6 is 0 Å². The van der Waals surface area contributed by atoms with Crippen molar-refractivity contribution in [2.75, 3.05) is 26.4 Å². The van der Waals surface area contributed by atoms with E-state index in [1.165, 1.54) is 0 Å². The maximum absolute atomic E-state index is 9.65. The molecule has 6 N–H and O–H groups in total. The van der Waals surface area contributed by atoms with Crippen molar-refractivity contribution in [2.24, 2.45) is 0 Å². The molecule has 1 aliphatic heterocycles. The fourth-order valence-electron chi connectivity index (χ4n) is 1.65. The highest BCUT2D eigenvalue weighted by Crippen LogP contribution is 2.30. The summed E-state index contributed by atoms with van der Waals surface area (Å²) in [5.74, 6) is -1.71. The van der Waals surface area contributed by atoms with Gasteiger partial charge in [-0.05, 0) is 0 Å². The molecule has 102 valence electrons. The van der Waals surface area contributed by atoms with Gasteiger partial charge in [0.05, 0.1) is 26.4 Å². The molecule has 0 aromatic heterocycles.